The molecule has 1 unspecified atom stereocenters. The number of aliphatic hydroxyl groups is 1. The molecule has 2 aromatic carbocycles. The fourth-order valence-corrected chi connectivity index (χ4v) is 6.14. The molecule has 34 heavy (non-hydrogen) atoms. The van der Waals surface area contributed by atoms with Gasteiger partial charge in [0.25, 0.3) is 0 Å². The topological polar surface area (TPSA) is 105 Å². The zero-order valence-corrected chi connectivity index (χ0v) is 21.6. The number of likely N-dealkylation sites (tertiary alicyclic amines) is 1. The van der Waals surface area contributed by atoms with Crippen molar-refractivity contribution in [3.05, 3.63) is 53.1 Å². The molecular weight excluding hydrogens is 497 g/mol. The minimum Gasteiger partial charge on any atom is -0.487 e. The van der Waals surface area contributed by atoms with Gasteiger partial charge in [0.2, 0.25) is 10.0 Å². The quantitative estimate of drug-likeness (QED) is 0.523. The summed E-state index contributed by atoms with van der Waals surface area (Å²) in [6, 6.07) is 12.0. The highest BCUT2D eigenvalue weighted by Crippen LogP contribution is 2.45. The van der Waals surface area contributed by atoms with E-state index in [0.29, 0.717) is 29.5 Å². The molecule has 7 nitrogen and oxygen atoms in total. The van der Waals surface area contributed by atoms with Crippen molar-refractivity contribution in [1.82, 2.24) is 4.90 Å². The molecule has 188 valence electrons. The van der Waals surface area contributed by atoms with Gasteiger partial charge >= 0.3 is 0 Å². The lowest BCUT2D eigenvalue weighted by Crippen LogP contribution is -2.53. The standard InChI is InChI=1S/C24H31N3O4S.2ClH/c1-32(29,30)26-19-5-7-23-21(14-19)22(28)15-24(31-23)8-10-27(11-9-24)20-6-3-16-12-18(25)4-2-17(16)13-20;;/h2,4-5,7,12,14,20,22,26,28H,3,6,8-11,13,15,25H2,1H3;2*1H/t20-,22?;;/m1../s1. The number of nitrogens with two attached hydrogens (primary N) is 1. The number of nitrogens with one attached hydrogen (secondary N) is 1. The van der Waals surface area contributed by atoms with E-state index in [1.165, 1.54) is 11.1 Å². The van der Waals surface area contributed by atoms with Crippen molar-refractivity contribution in [2.75, 3.05) is 29.8 Å². The fourth-order valence-electron chi connectivity index (χ4n) is 5.59. The first-order valence-corrected chi connectivity index (χ1v) is 13.2. The lowest BCUT2D eigenvalue weighted by molar-refractivity contribution is -0.0608. The van der Waals surface area contributed by atoms with Crippen molar-refractivity contribution < 1.29 is 18.3 Å². The minimum atomic E-state index is -3.37. The lowest BCUT2D eigenvalue weighted by Gasteiger charge is -2.48. The molecule has 1 fully saturated rings. The Labute approximate surface area is 213 Å². The molecule has 1 saturated heterocycles. The van der Waals surface area contributed by atoms with E-state index in [-0.39, 0.29) is 30.4 Å². The van der Waals surface area contributed by atoms with Gasteiger partial charge in [-0.1, -0.05) is 6.07 Å². The first-order chi connectivity index (χ1) is 15.2. The predicted molar refractivity (Wildman–Crippen MR) is 140 cm³/mol. The summed E-state index contributed by atoms with van der Waals surface area (Å²) >= 11 is 0. The summed E-state index contributed by atoms with van der Waals surface area (Å²) in [6.07, 6.45) is 6.00. The maximum Gasteiger partial charge on any atom is 0.229 e. The van der Waals surface area contributed by atoms with E-state index in [1.54, 1.807) is 18.2 Å². The van der Waals surface area contributed by atoms with Gasteiger partial charge in [-0.2, -0.15) is 0 Å². The van der Waals surface area contributed by atoms with Gasteiger partial charge in [-0.3, -0.25) is 9.62 Å². The molecule has 0 aromatic heterocycles. The monoisotopic (exact) mass is 529 g/mol. The third kappa shape index (κ3) is 5.57. The van der Waals surface area contributed by atoms with Crippen LogP contribution in [0.5, 0.6) is 5.75 Å². The van der Waals surface area contributed by atoms with Crippen LogP contribution < -0.4 is 15.2 Å². The highest BCUT2D eigenvalue weighted by Gasteiger charge is 2.44. The van der Waals surface area contributed by atoms with Crippen LogP contribution in [0.2, 0.25) is 0 Å². The number of hydrogen-bond donors (Lipinski definition) is 3. The Kier molecular flexibility index (Phi) is 7.99. The molecule has 2 atom stereocenters. The van der Waals surface area contributed by atoms with E-state index >= 15 is 0 Å². The van der Waals surface area contributed by atoms with Crippen molar-refractivity contribution in [3.63, 3.8) is 0 Å². The average molecular weight is 531 g/mol. The molecule has 0 bridgehead atoms. The van der Waals surface area contributed by atoms with Crippen molar-refractivity contribution in [1.29, 1.82) is 0 Å². The van der Waals surface area contributed by atoms with Crippen LogP contribution >= 0.6 is 24.8 Å². The van der Waals surface area contributed by atoms with Gasteiger partial charge in [0.15, 0.2) is 0 Å². The zero-order chi connectivity index (χ0) is 22.5. The van der Waals surface area contributed by atoms with Crippen LogP contribution in [0.15, 0.2) is 36.4 Å². The van der Waals surface area contributed by atoms with Crippen LogP contribution in [0, 0.1) is 0 Å². The number of fused-ring (bicyclic) bond motifs is 2. The van der Waals surface area contributed by atoms with Gasteiger partial charge in [-0.25, -0.2) is 8.42 Å². The van der Waals surface area contributed by atoms with E-state index in [1.807, 2.05) is 6.07 Å². The number of benzene rings is 2. The fraction of sp³-hybridized carbons (Fsp3) is 0.500. The summed E-state index contributed by atoms with van der Waals surface area (Å²) in [5, 5.41) is 10.9. The van der Waals surface area contributed by atoms with E-state index in [4.69, 9.17) is 10.5 Å². The highest BCUT2D eigenvalue weighted by molar-refractivity contribution is 7.92. The maximum atomic E-state index is 11.5. The number of aryl methyl sites for hydroxylation is 1. The molecule has 4 N–H and O–H groups in total. The molecule has 2 aromatic rings. The number of aliphatic hydroxyl groups excluding tert-OH is 1. The second-order valence-electron chi connectivity index (χ2n) is 9.59. The van der Waals surface area contributed by atoms with Crippen LogP contribution in [0.1, 0.15) is 48.5 Å². The molecule has 5 rings (SSSR count). The Balaban J connectivity index is 0.00000162. The number of nitrogen functional groups attached to an aromatic ring is 1. The van der Waals surface area contributed by atoms with Crippen LogP contribution in [0.3, 0.4) is 0 Å². The average Bonchev–Trinajstić information content (AvgIpc) is 2.73. The Morgan fingerprint density at radius 2 is 1.85 bits per heavy atom. The smallest absolute Gasteiger partial charge is 0.229 e. The largest absolute Gasteiger partial charge is 0.487 e. The second-order valence-corrected chi connectivity index (χ2v) is 11.3. The molecule has 10 heteroatoms. The van der Waals surface area contributed by atoms with Crippen LogP contribution in [-0.4, -0.2) is 49.4 Å². The van der Waals surface area contributed by atoms with Crippen molar-refractivity contribution >= 4 is 46.2 Å². The number of ether oxygens (including phenoxy) is 1. The molecule has 0 radical (unpaired) electrons. The predicted octanol–water partition coefficient (Wildman–Crippen LogP) is 3.69. The minimum absolute atomic E-state index is 0. The molecule has 1 spiro atoms. The van der Waals surface area contributed by atoms with Crippen LogP contribution in [-0.2, 0) is 22.9 Å². The number of rotatable bonds is 3. The third-order valence-corrected chi connectivity index (χ3v) is 7.83. The normalized spacial score (nSPS) is 23.5. The van der Waals surface area contributed by atoms with Crippen LogP contribution in [0.4, 0.5) is 11.4 Å². The van der Waals surface area contributed by atoms with E-state index in [9.17, 15) is 13.5 Å². The van der Waals surface area contributed by atoms with Crippen molar-refractivity contribution in [2.45, 2.75) is 56.3 Å². The Bertz CT molecular complexity index is 1140. The van der Waals surface area contributed by atoms with E-state index < -0.39 is 16.1 Å². The number of anilines is 2. The number of nitrogens with zero attached hydrogens (tertiary/aromatic N) is 1. The second kappa shape index (κ2) is 10.1. The highest BCUT2D eigenvalue weighted by atomic mass is 35.5. The first kappa shape index (κ1) is 26.9. The Morgan fingerprint density at radius 3 is 2.56 bits per heavy atom. The van der Waals surface area contributed by atoms with Gasteiger partial charge in [0, 0.05) is 42.5 Å². The molecule has 2 aliphatic heterocycles. The lowest BCUT2D eigenvalue weighted by atomic mass is 9.80. The summed E-state index contributed by atoms with van der Waals surface area (Å²) in [5.74, 6) is 0.653. The number of hydrogen-bond acceptors (Lipinski definition) is 6. The summed E-state index contributed by atoms with van der Waals surface area (Å²) in [7, 11) is -3.37. The number of piperidine rings is 1. The Hall–Kier alpha value is -1.71. The molecule has 2 heterocycles. The van der Waals surface area contributed by atoms with Crippen molar-refractivity contribution in [3.8, 4) is 5.75 Å². The Morgan fingerprint density at radius 1 is 1.12 bits per heavy atom. The number of sulfonamides is 1. The van der Waals surface area contributed by atoms with Crippen molar-refractivity contribution in [2.24, 2.45) is 0 Å². The molecular formula is C24H33Cl2N3O4S. The van der Waals surface area contributed by atoms with E-state index in [0.717, 1.165) is 57.1 Å². The SMILES string of the molecule is CS(=O)(=O)Nc1ccc2c(c1)C(O)CC1(CCN([C@@H]3CCc4cc(N)ccc4C3)CC1)O2.Cl.Cl. The summed E-state index contributed by atoms with van der Waals surface area (Å²) in [5.41, 5.74) is 10.3. The third-order valence-electron chi connectivity index (χ3n) is 7.22. The van der Waals surface area contributed by atoms with Crippen LogP contribution in [0.25, 0.3) is 0 Å². The number of halogens is 2. The van der Waals surface area contributed by atoms with Gasteiger partial charge in [0.05, 0.1) is 12.4 Å². The summed E-state index contributed by atoms with van der Waals surface area (Å²) in [6.45, 7) is 1.90. The molecule has 0 amide bonds. The zero-order valence-electron chi connectivity index (χ0n) is 19.2. The van der Waals surface area contributed by atoms with Gasteiger partial charge in [-0.05, 0) is 73.6 Å². The van der Waals surface area contributed by atoms with Gasteiger partial charge in [-0.15, -0.1) is 24.8 Å². The maximum absolute atomic E-state index is 11.5. The van der Waals surface area contributed by atoms with Gasteiger partial charge < -0.3 is 15.6 Å². The molecule has 3 aliphatic rings. The summed E-state index contributed by atoms with van der Waals surface area (Å²) < 4.78 is 32.0. The summed E-state index contributed by atoms with van der Waals surface area (Å²) in [4.78, 5) is 2.58. The van der Waals surface area contributed by atoms with E-state index in [2.05, 4.69) is 21.8 Å². The van der Waals surface area contributed by atoms with Gasteiger partial charge in [0.1, 0.15) is 11.4 Å². The molecule has 0 saturated carbocycles. The first-order valence-electron chi connectivity index (χ1n) is 11.3. The molecule has 1 aliphatic carbocycles.